The zero-order valence-corrected chi connectivity index (χ0v) is 16.7. The molecule has 0 atom stereocenters. The van der Waals surface area contributed by atoms with Crippen molar-refractivity contribution in [2.45, 2.75) is 45.5 Å². The first-order chi connectivity index (χ1) is 13.4. The number of carbonyl (C=O) groups excluding carboxylic acids is 2. The number of hydrogen-bond donors (Lipinski definition) is 0. The van der Waals surface area contributed by atoms with Crippen molar-refractivity contribution in [2.24, 2.45) is 0 Å². The van der Waals surface area contributed by atoms with Gasteiger partial charge >= 0.3 is 12.3 Å². The van der Waals surface area contributed by atoms with Crippen molar-refractivity contribution < 1.29 is 27.5 Å². The molecule has 29 heavy (non-hydrogen) atoms. The Morgan fingerprint density at radius 3 is 2.38 bits per heavy atom. The molecule has 156 valence electrons. The number of pyridine rings is 2. The van der Waals surface area contributed by atoms with Gasteiger partial charge in [-0.15, -0.1) is 0 Å². The summed E-state index contributed by atoms with van der Waals surface area (Å²) in [5.74, 6) is 0.120. The van der Waals surface area contributed by atoms with Gasteiger partial charge in [0, 0.05) is 11.9 Å². The van der Waals surface area contributed by atoms with Gasteiger partial charge in [-0.2, -0.15) is 13.2 Å². The number of alkyl halides is 3. The summed E-state index contributed by atoms with van der Waals surface area (Å²) >= 11 is 5.96. The van der Waals surface area contributed by atoms with Crippen LogP contribution in [0.2, 0.25) is 5.15 Å². The van der Waals surface area contributed by atoms with Crippen LogP contribution in [0.15, 0.2) is 30.5 Å². The third-order valence-corrected chi connectivity index (χ3v) is 3.79. The van der Waals surface area contributed by atoms with Crippen LogP contribution in [0, 0.1) is 0 Å². The average Bonchev–Trinajstić information content (AvgIpc) is 2.58. The molecular weight excluding hydrogens is 411 g/mol. The number of aromatic nitrogens is 2. The number of anilines is 1. The van der Waals surface area contributed by atoms with Crippen molar-refractivity contribution in [2.75, 3.05) is 4.90 Å². The van der Waals surface area contributed by atoms with Crippen molar-refractivity contribution in [3.8, 4) is 0 Å². The number of aldehydes is 1. The van der Waals surface area contributed by atoms with Gasteiger partial charge in [0.15, 0.2) is 6.29 Å². The Labute approximate surface area is 170 Å². The smallest absolute Gasteiger partial charge is 0.416 e. The Bertz CT molecular complexity index is 881. The molecule has 2 aromatic heterocycles. The lowest BCUT2D eigenvalue weighted by Gasteiger charge is -2.27. The van der Waals surface area contributed by atoms with Gasteiger partial charge in [-0.1, -0.05) is 17.7 Å². The van der Waals surface area contributed by atoms with Gasteiger partial charge in [-0.3, -0.25) is 14.7 Å². The van der Waals surface area contributed by atoms with E-state index in [2.05, 4.69) is 9.97 Å². The topological polar surface area (TPSA) is 72.4 Å². The number of carbonyl (C=O) groups is 2. The first-order valence-electron chi connectivity index (χ1n) is 8.51. The maximum absolute atomic E-state index is 12.7. The van der Waals surface area contributed by atoms with E-state index in [1.165, 1.54) is 30.5 Å². The Balaban J connectivity index is 2.31. The number of nitrogens with zero attached hydrogens (tertiary/aromatic N) is 3. The van der Waals surface area contributed by atoms with E-state index in [1.807, 2.05) is 0 Å². The SMILES string of the molecule is CC(C)(C)OC(=O)N(Cc1ccc(CC(F)(F)F)nc1)c1ccc(C=O)c(Cl)n1. The van der Waals surface area contributed by atoms with Gasteiger partial charge in [0.1, 0.15) is 16.6 Å². The second-order valence-corrected chi connectivity index (χ2v) is 7.54. The third kappa shape index (κ3) is 7.01. The molecule has 6 nitrogen and oxygen atoms in total. The van der Waals surface area contributed by atoms with Crippen LogP contribution in [0.1, 0.15) is 42.4 Å². The number of amides is 1. The molecule has 0 aliphatic rings. The molecule has 2 aromatic rings. The summed E-state index contributed by atoms with van der Waals surface area (Å²) < 4.78 is 42.8. The van der Waals surface area contributed by atoms with E-state index in [0.717, 1.165) is 4.90 Å². The highest BCUT2D eigenvalue weighted by Crippen LogP contribution is 2.24. The summed E-state index contributed by atoms with van der Waals surface area (Å²) in [6.45, 7) is 4.99. The van der Waals surface area contributed by atoms with Crippen LogP contribution in [0.4, 0.5) is 23.8 Å². The third-order valence-electron chi connectivity index (χ3n) is 3.49. The predicted molar refractivity (Wildman–Crippen MR) is 101 cm³/mol. The van der Waals surface area contributed by atoms with E-state index in [4.69, 9.17) is 16.3 Å². The Kier molecular flexibility index (Phi) is 6.84. The Morgan fingerprint density at radius 2 is 1.90 bits per heavy atom. The van der Waals surface area contributed by atoms with Crippen molar-refractivity contribution in [1.82, 2.24) is 9.97 Å². The van der Waals surface area contributed by atoms with Crippen molar-refractivity contribution in [3.63, 3.8) is 0 Å². The van der Waals surface area contributed by atoms with Crippen LogP contribution in [-0.2, 0) is 17.7 Å². The van der Waals surface area contributed by atoms with Gasteiger partial charge in [0.25, 0.3) is 0 Å². The van der Waals surface area contributed by atoms with Gasteiger partial charge in [0.2, 0.25) is 0 Å². The minimum atomic E-state index is -4.36. The second-order valence-electron chi connectivity index (χ2n) is 7.18. The van der Waals surface area contributed by atoms with Crippen molar-refractivity contribution in [1.29, 1.82) is 0 Å². The maximum Gasteiger partial charge on any atom is 0.416 e. The lowest BCUT2D eigenvalue weighted by molar-refractivity contribution is -0.127. The zero-order valence-electron chi connectivity index (χ0n) is 16.0. The molecule has 0 saturated carbocycles. The predicted octanol–water partition coefficient (Wildman–Crippen LogP) is 4.99. The van der Waals surface area contributed by atoms with E-state index >= 15 is 0 Å². The van der Waals surface area contributed by atoms with Crippen LogP contribution in [0.25, 0.3) is 0 Å². The Hall–Kier alpha value is -2.68. The molecular formula is C19H19ClF3N3O3. The van der Waals surface area contributed by atoms with E-state index in [1.54, 1.807) is 20.8 Å². The zero-order chi connectivity index (χ0) is 21.8. The molecule has 0 aromatic carbocycles. The normalized spacial score (nSPS) is 11.8. The molecule has 0 fully saturated rings. The average molecular weight is 430 g/mol. The van der Waals surface area contributed by atoms with Crippen LogP contribution in [0.5, 0.6) is 0 Å². The van der Waals surface area contributed by atoms with Crippen molar-refractivity contribution in [3.05, 3.63) is 52.4 Å². The molecule has 0 aliphatic heterocycles. The highest BCUT2D eigenvalue weighted by molar-refractivity contribution is 6.31. The number of halogens is 4. The van der Waals surface area contributed by atoms with Crippen LogP contribution in [0.3, 0.4) is 0 Å². The molecule has 0 bridgehead atoms. The van der Waals surface area contributed by atoms with Crippen LogP contribution in [-0.4, -0.2) is 34.1 Å². The number of hydrogen-bond acceptors (Lipinski definition) is 5. The highest BCUT2D eigenvalue weighted by atomic mass is 35.5. The van der Waals surface area contributed by atoms with Gasteiger partial charge in [-0.25, -0.2) is 9.78 Å². The summed E-state index contributed by atoms with van der Waals surface area (Å²) in [6, 6.07) is 5.50. The van der Waals surface area contributed by atoms with E-state index in [0.29, 0.717) is 11.8 Å². The second kappa shape index (κ2) is 8.77. The molecule has 0 unspecified atom stereocenters. The summed E-state index contributed by atoms with van der Waals surface area (Å²) in [5.41, 5.74) is -0.324. The number of rotatable bonds is 5. The molecule has 0 spiro atoms. The fraction of sp³-hybridized carbons (Fsp3) is 0.368. The fourth-order valence-electron chi connectivity index (χ4n) is 2.27. The van der Waals surface area contributed by atoms with Crippen molar-refractivity contribution >= 4 is 29.8 Å². The number of ether oxygens (including phenoxy) is 1. The molecule has 0 radical (unpaired) electrons. The van der Waals surface area contributed by atoms with Gasteiger partial charge in [-0.05, 0) is 44.5 Å². The minimum absolute atomic E-state index is 0.0715. The quantitative estimate of drug-likeness (QED) is 0.494. The molecule has 2 rings (SSSR count). The summed E-state index contributed by atoms with van der Waals surface area (Å²) in [5, 5.41) is -0.0929. The van der Waals surface area contributed by atoms with Gasteiger partial charge in [0.05, 0.1) is 18.5 Å². The minimum Gasteiger partial charge on any atom is -0.443 e. The summed E-state index contributed by atoms with van der Waals surface area (Å²) in [7, 11) is 0. The van der Waals surface area contributed by atoms with E-state index in [-0.39, 0.29) is 28.8 Å². The standard InChI is InChI=1S/C19H19ClF3N3O3/c1-18(2,3)29-17(28)26(15-7-5-13(11-27)16(20)25-15)10-12-4-6-14(24-9-12)8-19(21,22)23/h4-7,9,11H,8,10H2,1-3H3. The molecule has 1 amide bonds. The highest BCUT2D eigenvalue weighted by Gasteiger charge is 2.29. The first-order valence-corrected chi connectivity index (χ1v) is 8.88. The van der Waals surface area contributed by atoms with Crippen LogP contribution >= 0.6 is 11.6 Å². The molecule has 0 aliphatic carbocycles. The lowest BCUT2D eigenvalue weighted by Crippen LogP contribution is -2.37. The molecule has 2 heterocycles. The van der Waals surface area contributed by atoms with Crippen LogP contribution < -0.4 is 4.90 Å². The molecule has 0 saturated heterocycles. The monoisotopic (exact) mass is 429 g/mol. The van der Waals surface area contributed by atoms with Gasteiger partial charge < -0.3 is 4.74 Å². The van der Waals surface area contributed by atoms with E-state index < -0.39 is 24.3 Å². The molecule has 10 heteroatoms. The van der Waals surface area contributed by atoms with E-state index in [9.17, 15) is 22.8 Å². The maximum atomic E-state index is 12.7. The Morgan fingerprint density at radius 1 is 1.21 bits per heavy atom. The first kappa shape index (κ1) is 22.6. The fourth-order valence-corrected chi connectivity index (χ4v) is 2.47. The summed E-state index contributed by atoms with van der Waals surface area (Å²) in [6.07, 6.45) is -4.47. The lowest BCUT2D eigenvalue weighted by atomic mass is 10.2. The molecule has 0 N–H and O–H groups in total. The largest absolute Gasteiger partial charge is 0.443 e. The summed E-state index contributed by atoms with van der Waals surface area (Å²) in [4.78, 5) is 32.6.